The quantitative estimate of drug-likeness (QED) is 0.315. The molecule has 0 aliphatic carbocycles. The standard InChI is InChI=1S/C30H28N6OS/c1-4-27-31-28-20(2)18-21(3)35(30(28)32-27)19-22-14-16-23(17-15-22)25-12-8-9-13-26(25)29-33-36(38(37)34-29)24-10-6-5-7-11-24/h5-18H,4,19H2,1-3H3,(H,33,34). The number of aryl methyl sites for hydroxylation is 3. The Bertz CT molecular complexity index is 1640. The van der Waals surface area contributed by atoms with Crippen molar-refractivity contribution in [1.29, 1.82) is 0 Å². The highest BCUT2D eigenvalue weighted by Crippen LogP contribution is 2.29. The third-order valence-electron chi connectivity index (χ3n) is 6.80. The Hall–Kier alpha value is -4.30. The number of benzene rings is 3. The van der Waals surface area contributed by atoms with E-state index in [1.165, 1.54) is 5.56 Å². The van der Waals surface area contributed by atoms with E-state index in [-0.39, 0.29) is 0 Å². The summed E-state index contributed by atoms with van der Waals surface area (Å²) in [5, 5.41) is 0. The van der Waals surface area contributed by atoms with Crippen LogP contribution >= 0.6 is 0 Å². The molecule has 38 heavy (non-hydrogen) atoms. The maximum atomic E-state index is 12.8. The molecule has 3 aliphatic heterocycles. The average Bonchev–Trinajstić information content (AvgIpc) is 3.56. The van der Waals surface area contributed by atoms with Crippen LogP contribution in [-0.2, 0) is 24.1 Å². The normalized spacial score (nSPS) is 15.1. The van der Waals surface area contributed by atoms with Crippen molar-refractivity contribution < 1.29 is 4.21 Å². The molecule has 8 heteroatoms. The topological polar surface area (TPSA) is 75.4 Å². The van der Waals surface area contributed by atoms with Crippen LogP contribution in [0.15, 0.2) is 89.3 Å². The van der Waals surface area contributed by atoms with Gasteiger partial charge in [0.25, 0.3) is 11.2 Å². The second kappa shape index (κ2) is 9.87. The van der Waals surface area contributed by atoms with E-state index in [2.05, 4.69) is 71.6 Å². The highest BCUT2D eigenvalue weighted by Gasteiger charge is 2.26. The number of fused-ring (bicyclic) bond motifs is 1. The van der Waals surface area contributed by atoms with Gasteiger partial charge in [-0.1, -0.05) is 73.7 Å². The fourth-order valence-electron chi connectivity index (χ4n) is 4.83. The number of nitrogens with zero attached hydrogens (tertiary/aromatic N) is 5. The van der Waals surface area contributed by atoms with Crippen LogP contribution in [0.2, 0.25) is 0 Å². The van der Waals surface area contributed by atoms with Gasteiger partial charge >= 0.3 is 0 Å². The fourth-order valence-corrected chi connectivity index (χ4v) is 5.68. The van der Waals surface area contributed by atoms with Gasteiger partial charge in [0.1, 0.15) is 11.5 Å². The number of aromatic nitrogens is 3. The van der Waals surface area contributed by atoms with Gasteiger partial charge in [0.05, 0.1) is 5.69 Å². The summed E-state index contributed by atoms with van der Waals surface area (Å²) in [6.07, 6.45) is 0.818. The summed E-state index contributed by atoms with van der Waals surface area (Å²) >= 11 is -1.55. The number of imidazole rings is 1. The van der Waals surface area contributed by atoms with Crippen molar-refractivity contribution in [2.45, 2.75) is 33.7 Å². The largest absolute Gasteiger partial charge is 0.324 e. The van der Waals surface area contributed by atoms with Gasteiger partial charge in [-0.15, -0.1) is 4.40 Å². The molecule has 0 amide bonds. The zero-order valence-electron chi connectivity index (χ0n) is 21.5. The second-order valence-electron chi connectivity index (χ2n) is 9.38. The predicted molar refractivity (Wildman–Crippen MR) is 153 cm³/mol. The Morgan fingerprint density at radius 1 is 0.868 bits per heavy atom. The number of nitrogens with one attached hydrogen (secondary N) is 1. The molecule has 0 fully saturated rings. The van der Waals surface area contributed by atoms with Gasteiger partial charge in [-0.25, -0.2) is 14.2 Å². The molecule has 7 nitrogen and oxygen atoms in total. The lowest BCUT2D eigenvalue weighted by Gasteiger charge is -2.18. The molecular formula is C30H28N6OS. The minimum Gasteiger partial charge on any atom is -0.324 e. The summed E-state index contributed by atoms with van der Waals surface area (Å²) in [7, 11) is 0. The molecule has 0 spiro atoms. The molecule has 6 rings (SSSR count). The minimum atomic E-state index is -1.55. The monoisotopic (exact) mass is 520 g/mol. The van der Waals surface area contributed by atoms with E-state index in [9.17, 15) is 4.21 Å². The first-order valence-electron chi connectivity index (χ1n) is 12.7. The third-order valence-corrected chi connectivity index (χ3v) is 7.75. The van der Waals surface area contributed by atoms with E-state index in [1.54, 1.807) is 4.41 Å². The number of hydrazine groups is 1. The smallest absolute Gasteiger partial charge is 0.267 e. The minimum absolute atomic E-state index is 0.585. The molecule has 1 unspecified atom stereocenters. The van der Waals surface area contributed by atoms with E-state index in [4.69, 9.17) is 9.97 Å². The molecule has 190 valence electrons. The van der Waals surface area contributed by atoms with Crippen LogP contribution in [0.1, 0.15) is 35.1 Å². The van der Waals surface area contributed by atoms with Crippen LogP contribution in [0.3, 0.4) is 0 Å². The SMILES string of the molecule is CCc1nc2c(C)cc(C)n(Cc3ccc(-c4ccccc4C4=NS(=O)N(c5ccccc5)N4)cc3)c-2n1. The van der Waals surface area contributed by atoms with Crippen LogP contribution in [0.4, 0.5) is 5.69 Å². The Labute approximate surface area is 225 Å². The molecule has 0 saturated carbocycles. The molecule has 0 bridgehead atoms. The van der Waals surface area contributed by atoms with E-state index >= 15 is 0 Å². The number of amidine groups is 1. The van der Waals surface area contributed by atoms with Gasteiger partial charge < -0.3 is 4.57 Å². The van der Waals surface area contributed by atoms with Crippen molar-refractivity contribution in [2.24, 2.45) is 4.40 Å². The van der Waals surface area contributed by atoms with Crippen molar-refractivity contribution in [2.75, 3.05) is 4.41 Å². The Kier molecular flexibility index (Phi) is 6.25. The van der Waals surface area contributed by atoms with Crippen molar-refractivity contribution in [3.8, 4) is 22.6 Å². The maximum absolute atomic E-state index is 12.8. The summed E-state index contributed by atoms with van der Waals surface area (Å²) < 4.78 is 21.0. The van der Waals surface area contributed by atoms with Gasteiger partial charge in [-0.3, -0.25) is 5.43 Å². The summed E-state index contributed by atoms with van der Waals surface area (Å²) in [5.41, 5.74) is 11.5. The van der Waals surface area contributed by atoms with E-state index < -0.39 is 11.2 Å². The molecule has 1 atom stereocenters. The second-order valence-corrected chi connectivity index (χ2v) is 10.4. The summed E-state index contributed by atoms with van der Waals surface area (Å²) in [4.78, 5) is 9.54. The fraction of sp³-hybridized carbons (Fsp3) is 0.167. The van der Waals surface area contributed by atoms with E-state index in [0.29, 0.717) is 12.4 Å². The lowest BCUT2D eigenvalue weighted by molar-refractivity contribution is 0.681. The van der Waals surface area contributed by atoms with Gasteiger partial charge in [0.15, 0.2) is 11.7 Å². The lowest BCUT2D eigenvalue weighted by atomic mass is 9.98. The molecule has 0 aromatic heterocycles. The highest BCUT2D eigenvalue weighted by atomic mass is 32.2. The van der Waals surface area contributed by atoms with E-state index in [0.717, 1.165) is 57.4 Å². The van der Waals surface area contributed by atoms with Gasteiger partial charge in [-0.2, -0.15) is 4.41 Å². The number of hydrogen-bond donors (Lipinski definition) is 1. The number of rotatable bonds is 6. The van der Waals surface area contributed by atoms with E-state index in [1.807, 2.05) is 48.5 Å². The number of hydrogen-bond acceptors (Lipinski definition) is 4. The first-order chi connectivity index (χ1) is 18.5. The van der Waals surface area contributed by atoms with Crippen LogP contribution in [-0.4, -0.2) is 24.6 Å². The van der Waals surface area contributed by atoms with Crippen molar-refractivity contribution >= 4 is 22.7 Å². The lowest BCUT2D eigenvalue weighted by Crippen LogP contribution is -2.36. The predicted octanol–water partition coefficient (Wildman–Crippen LogP) is 5.63. The Morgan fingerprint density at radius 2 is 1.58 bits per heavy atom. The zero-order valence-corrected chi connectivity index (χ0v) is 22.4. The first-order valence-corrected chi connectivity index (χ1v) is 13.7. The molecule has 1 N–H and O–H groups in total. The van der Waals surface area contributed by atoms with Crippen LogP contribution in [0.5, 0.6) is 0 Å². The van der Waals surface area contributed by atoms with Crippen molar-refractivity contribution in [3.63, 3.8) is 0 Å². The number of anilines is 1. The number of para-hydroxylation sites is 1. The molecule has 0 radical (unpaired) electrons. The highest BCUT2D eigenvalue weighted by molar-refractivity contribution is 7.85. The van der Waals surface area contributed by atoms with Crippen molar-refractivity contribution in [3.05, 3.63) is 113 Å². The summed E-state index contributed by atoms with van der Waals surface area (Å²) in [6, 6.07) is 28.4. The molecule has 3 aliphatic rings. The third kappa shape index (κ3) is 4.37. The Balaban J connectivity index is 1.28. The van der Waals surface area contributed by atoms with Crippen LogP contribution < -0.4 is 9.84 Å². The summed E-state index contributed by atoms with van der Waals surface area (Å²) in [6.45, 7) is 7.01. The molecule has 3 aromatic rings. The number of pyridine rings is 1. The molecule has 3 aromatic carbocycles. The van der Waals surface area contributed by atoms with Gasteiger partial charge in [0.2, 0.25) is 0 Å². The Morgan fingerprint density at radius 3 is 2.32 bits per heavy atom. The average molecular weight is 521 g/mol. The molecule has 0 saturated heterocycles. The summed E-state index contributed by atoms with van der Waals surface area (Å²) in [5.74, 6) is 2.40. The zero-order chi connectivity index (χ0) is 26.2. The molecular weight excluding hydrogens is 492 g/mol. The molecule has 3 heterocycles. The van der Waals surface area contributed by atoms with Crippen molar-refractivity contribution in [1.82, 2.24) is 20.0 Å². The van der Waals surface area contributed by atoms with Crippen LogP contribution in [0.25, 0.3) is 22.6 Å². The van der Waals surface area contributed by atoms with Gasteiger partial charge in [0, 0.05) is 24.2 Å². The maximum Gasteiger partial charge on any atom is 0.267 e. The van der Waals surface area contributed by atoms with Gasteiger partial charge in [-0.05, 0) is 54.3 Å². The first kappa shape index (κ1) is 24.1. The van der Waals surface area contributed by atoms with Crippen LogP contribution in [0, 0.1) is 13.8 Å².